The molecule has 3 aromatic carbocycles. The Bertz CT molecular complexity index is 1160. The summed E-state index contributed by atoms with van der Waals surface area (Å²) in [5.41, 5.74) is 2.21. The van der Waals surface area contributed by atoms with Crippen molar-refractivity contribution in [2.45, 2.75) is 23.8 Å². The molecule has 1 saturated heterocycles. The third-order valence-corrected chi connectivity index (χ3v) is 6.61. The van der Waals surface area contributed by atoms with Gasteiger partial charge in [-0.1, -0.05) is 71.7 Å². The topological polar surface area (TPSA) is 58.2 Å². The minimum atomic E-state index is -1.03. The normalized spacial score (nSPS) is 25.0. The molecule has 0 aliphatic carbocycles. The van der Waals surface area contributed by atoms with Gasteiger partial charge in [-0.05, 0) is 41.0 Å². The maximum Gasteiger partial charge on any atom is 0.238 e. The molecule has 6 heteroatoms. The first-order valence-electron chi connectivity index (χ1n) is 9.71. The van der Waals surface area contributed by atoms with Gasteiger partial charge < -0.3 is 10.6 Å². The highest BCUT2D eigenvalue weighted by molar-refractivity contribution is 6.31. The fourth-order valence-electron chi connectivity index (χ4n) is 4.94. The van der Waals surface area contributed by atoms with E-state index in [0.717, 1.165) is 16.7 Å². The van der Waals surface area contributed by atoms with Crippen LogP contribution in [0.3, 0.4) is 0 Å². The number of nitrogens with one attached hydrogen (secondary N) is 2. The molecular weight excluding hydrogens is 419 g/mol. The van der Waals surface area contributed by atoms with Crippen LogP contribution >= 0.6 is 23.2 Å². The van der Waals surface area contributed by atoms with E-state index in [1.807, 2.05) is 54.6 Å². The number of benzene rings is 3. The molecule has 0 saturated carbocycles. The van der Waals surface area contributed by atoms with Gasteiger partial charge in [-0.25, -0.2) is 0 Å². The standard InChI is InChI=1S/C24H18Cl2N2O2/c25-16-8-4-7-15(11-16)19-13-21(29)28-22(14-5-2-1-3-6-14)24(19)18-10-9-17(26)12-20(18)27-23(24)30/h1-12,19,22H,13H2,(H,27,30)(H,28,29). The zero-order chi connectivity index (χ0) is 20.9. The number of rotatable bonds is 2. The summed E-state index contributed by atoms with van der Waals surface area (Å²) in [5, 5.41) is 7.23. The van der Waals surface area contributed by atoms with Crippen molar-refractivity contribution in [2.24, 2.45) is 0 Å². The lowest BCUT2D eigenvalue weighted by atomic mass is 9.59. The number of carbonyl (C=O) groups excluding carboxylic acids is 2. The number of piperidine rings is 1. The molecule has 30 heavy (non-hydrogen) atoms. The van der Waals surface area contributed by atoms with E-state index in [2.05, 4.69) is 10.6 Å². The van der Waals surface area contributed by atoms with Crippen LogP contribution in [0.4, 0.5) is 5.69 Å². The van der Waals surface area contributed by atoms with Gasteiger partial charge in [0, 0.05) is 28.1 Å². The van der Waals surface area contributed by atoms with Crippen molar-refractivity contribution in [1.29, 1.82) is 0 Å². The first kappa shape index (κ1) is 19.2. The minimum Gasteiger partial charge on any atom is -0.348 e. The summed E-state index contributed by atoms with van der Waals surface area (Å²) in [6, 6.07) is 21.9. The highest BCUT2D eigenvalue weighted by atomic mass is 35.5. The Morgan fingerprint density at radius 2 is 1.57 bits per heavy atom. The molecule has 2 aliphatic heterocycles. The van der Waals surface area contributed by atoms with Crippen molar-refractivity contribution in [1.82, 2.24) is 5.32 Å². The molecule has 3 atom stereocenters. The van der Waals surface area contributed by atoms with E-state index in [1.165, 1.54) is 0 Å². The van der Waals surface area contributed by atoms with Crippen molar-refractivity contribution in [3.05, 3.63) is 99.5 Å². The number of fused-ring (bicyclic) bond motifs is 2. The van der Waals surface area contributed by atoms with Crippen molar-refractivity contribution in [2.75, 3.05) is 5.32 Å². The average Bonchev–Trinajstić information content (AvgIpc) is 3.01. The lowest BCUT2D eigenvalue weighted by Gasteiger charge is -2.46. The number of anilines is 1. The molecule has 150 valence electrons. The largest absolute Gasteiger partial charge is 0.348 e. The second kappa shape index (κ2) is 7.15. The Kier molecular flexibility index (Phi) is 4.57. The summed E-state index contributed by atoms with van der Waals surface area (Å²) in [6.07, 6.45) is 0.180. The van der Waals surface area contributed by atoms with Gasteiger partial charge in [0.05, 0.1) is 6.04 Å². The highest BCUT2D eigenvalue weighted by Gasteiger charge is 2.61. The van der Waals surface area contributed by atoms with Gasteiger partial charge in [-0.3, -0.25) is 9.59 Å². The fourth-order valence-corrected chi connectivity index (χ4v) is 5.31. The van der Waals surface area contributed by atoms with Crippen LogP contribution < -0.4 is 10.6 Å². The van der Waals surface area contributed by atoms with Gasteiger partial charge in [-0.2, -0.15) is 0 Å². The molecule has 1 fully saturated rings. The summed E-state index contributed by atoms with van der Waals surface area (Å²) in [6.45, 7) is 0. The smallest absolute Gasteiger partial charge is 0.238 e. The molecule has 2 aliphatic rings. The lowest BCUT2D eigenvalue weighted by Crippen LogP contribution is -2.56. The average molecular weight is 437 g/mol. The van der Waals surface area contributed by atoms with Gasteiger partial charge in [0.1, 0.15) is 5.41 Å². The minimum absolute atomic E-state index is 0.102. The van der Waals surface area contributed by atoms with Gasteiger partial charge in [-0.15, -0.1) is 0 Å². The SMILES string of the molecule is O=C1CC(c2cccc(Cl)c2)C2(C(=O)Nc3cc(Cl)ccc32)C(c2ccccc2)N1. The first-order chi connectivity index (χ1) is 14.5. The lowest BCUT2D eigenvalue weighted by molar-refractivity contribution is -0.131. The van der Waals surface area contributed by atoms with Gasteiger partial charge in [0.15, 0.2) is 0 Å². The number of amides is 2. The van der Waals surface area contributed by atoms with E-state index in [-0.39, 0.29) is 18.2 Å². The first-order valence-corrected chi connectivity index (χ1v) is 10.5. The summed E-state index contributed by atoms with van der Waals surface area (Å²) in [7, 11) is 0. The van der Waals surface area contributed by atoms with Crippen LogP contribution in [0.1, 0.15) is 35.1 Å². The van der Waals surface area contributed by atoms with Crippen LogP contribution in [0, 0.1) is 0 Å². The van der Waals surface area contributed by atoms with E-state index in [1.54, 1.807) is 18.2 Å². The predicted octanol–water partition coefficient (Wildman–Crippen LogP) is 5.23. The Labute approximate surface area is 184 Å². The van der Waals surface area contributed by atoms with Crippen LogP contribution in [0.15, 0.2) is 72.8 Å². The molecule has 0 radical (unpaired) electrons. The van der Waals surface area contributed by atoms with Crippen molar-refractivity contribution >= 4 is 40.7 Å². The maximum absolute atomic E-state index is 13.7. The van der Waals surface area contributed by atoms with E-state index in [9.17, 15) is 9.59 Å². The Balaban J connectivity index is 1.81. The summed E-state index contributed by atoms with van der Waals surface area (Å²) in [5.74, 6) is -0.647. The summed E-state index contributed by atoms with van der Waals surface area (Å²) >= 11 is 12.5. The maximum atomic E-state index is 13.7. The van der Waals surface area contributed by atoms with Crippen LogP contribution in [-0.2, 0) is 15.0 Å². The van der Waals surface area contributed by atoms with Crippen molar-refractivity contribution in [3.8, 4) is 0 Å². The fraction of sp³-hybridized carbons (Fsp3) is 0.167. The molecule has 3 aromatic rings. The van der Waals surface area contributed by atoms with Crippen LogP contribution in [0.5, 0.6) is 0 Å². The van der Waals surface area contributed by atoms with Gasteiger partial charge >= 0.3 is 0 Å². The number of hydrogen-bond acceptors (Lipinski definition) is 2. The highest BCUT2D eigenvalue weighted by Crippen LogP contribution is 2.57. The van der Waals surface area contributed by atoms with Gasteiger partial charge in [0.2, 0.25) is 11.8 Å². The zero-order valence-corrected chi connectivity index (χ0v) is 17.4. The van der Waals surface area contributed by atoms with Crippen LogP contribution in [-0.4, -0.2) is 11.8 Å². The van der Waals surface area contributed by atoms with E-state index >= 15 is 0 Å². The second-order valence-electron chi connectivity index (χ2n) is 7.74. The Hall–Kier alpha value is -2.82. The van der Waals surface area contributed by atoms with Gasteiger partial charge in [0.25, 0.3) is 0 Å². The van der Waals surface area contributed by atoms with E-state index in [4.69, 9.17) is 23.2 Å². The monoisotopic (exact) mass is 436 g/mol. The number of halogens is 2. The number of hydrogen-bond donors (Lipinski definition) is 2. The molecule has 5 rings (SSSR count). The summed E-state index contributed by atoms with van der Waals surface area (Å²) in [4.78, 5) is 26.6. The molecule has 0 aromatic heterocycles. The second-order valence-corrected chi connectivity index (χ2v) is 8.61. The molecule has 2 N–H and O–H groups in total. The van der Waals surface area contributed by atoms with Crippen LogP contribution in [0.2, 0.25) is 10.0 Å². The molecule has 3 unspecified atom stereocenters. The predicted molar refractivity (Wildman–Crippen MR) is 118 cm³/mol. The zero-order valence-electron chi connectivity index (χ0n) is 15.9. The molecule has 2 heterocycles. The third-order valence-electron chi connectivity index (χ3n) is 6.13. The van der Waals surface area contributed by atoms with E-state index < -0.39 is 17.4 Å². The van der Waals surface area contributed by atoms with Crippen molar-refractivity contribution in [3.63, 3.8) is 0 Å². The molecule has 2 amide bonds. The quantitative estimate of drug-likeness (QED) is 0.577. The van der Waals surface area contributed by atoms with E-state index in [0.29, 0.717) is 15.7 Å². The third kappa shape index (κ3) is 2.83. The van der Waals surface area contributed by atoms with Crippen LogP contribution in [0.25, 0.3) is 0 Å². The Morgan fingerprint density at radius 1 is 0.833 bits per heavy atom. The molecular formula is C24H18Cl2N2O2. The Morgan fingerprint density at radius 3 is 2.33 bits per heavy atom. The summed E-state index contributed by atoms with van der Waals surface area (Å²) < 4.78 is 0. The number of carbonyl (C=O) groups is 2. The molecule has 4 nitrogen and oxygen atoms in total. The van der Waals surface area contributed by atoms with Crippen molar-refractivity contribution < 1.29 is 9.59 Å². The molecule has 0 bridgehead atoms. The molecule has 1 spiro atoms.